The molecule has 1 aliphatic carbocycles. The van der Waals surface area contributed by atoms with Crippen molar-refractivity contribution in [1.29, 1.82) is 0 Å². The smallest absolute Gasteiger partial charge is 0.244 e. The van der Waals surface area contributed by atoms with Gasteiger partial charge in [-0.15, -0.1) is 0 Å². The van der Waals surface area contributed by atoms with Crippen LogP contribution >= 0.6 is 0 Å². The summed E-state index contributed by atoms with van der Waals surface area (Å²) in [7, 11) is -3.75. The minimum atomic E-state index is -3.75. The number of sulfonamides is 1. The Morgan fingerprint density at radius 1 is 1.06 bits per heavy atom. The predicted octanol–water partition coefficient (Wildman–Crippen LogP) is 4.24. The van der Waals surface area contributed by atoms with Crippen LogP contribution < -0.4 is 9.62 Å². The molecule has 0 saturated heterocycles. The van der Waals surface area contributed by atoms with Gasteiger partial charge < -0.3 is 10.2 Å². The summed E-state index contributed by atoms with van der Waals surface area (Å²) in [4.78, 5) is 28.7. The molecule has 0 heterocycles. The number of amides is 2. The third-order valence-electron chi connectivity index (χ3n) is 7.05. The Balaban J connectivity index is 1.95. The number of aryl methyl sites for hydroxylation is 2. The van der Waals surface area contributed by atoms with Gasteiger partial charge in [0.15, 0.2) is 0 Å². The Bertz CT molecular complexity index is 1190. The third kappa shape index (κ3) is 6.87. The summed E-state index contributed by atoms with van der Waals surface area (Å²) in [5, 5.41) is 3.13. The van der Waals surface area contributed by atoms with Crippen LogP contribution in [0.2, 0.25) is 0 Å². The van der Waals surface area contributed by atoms with E-state index in [4.69, 9.17) is 0 Å². The van der Waals surface area contributed by atoms with Crippen molar-refractivity contribution in [3.05, 3.63) is 64.7 Å². The first-order valence-corrected chi connectivity index (χ1v) is 14.6. The van der Waals surface area contributed by atoms with Crippen LogP contribution in [-0.4, -0.2) is 50.0 Å². The molecule has 1 N–H and O–H groups in total. The molecule has 36 heavy (non-hydrogen) atoms. The zero-order valence-electron chi connectivity index (χ0n) is 22.1. The molecular weight excluding hydrogens is 474 g/mol. The van der Waals surface area contributed by atoms with Gasteiger partial charge >= 0.3 is 0 Å². The van der Waals surface area contributed by atoms with E-state index in [0.29, 0.717) is 12.1 Å². The van der Waals surface area contributed by atoms with E-state index in [0.717, 1.165) is 58.5 Å². The summed E-state index contributed by atoms with van der Waals surface area (Å²) in [5.74, 6) is -0.584. The average Bonchev–Trinajstić information content (AvgIpc) is 3.31. The van der Waals surface area contributed by atoms with Crippen molar-refractivity contribution in [3.63, 3.8) is 0 Å². The number of carbonyl (C=O) groups is 2. The average molecular weight is 514 g/mol. The summed E-state index contributed by atoms with van der Waals surface area (Å²) in [6.45, 7) is 7.47. The van der Waals surface area contributed by atoms with Gasteiger partial charge in [0.1, 0.15) is 12.6 Å². The number of hydrogen-bond acceptors (Lipinski definition) is 4. The lowest BCUT2D eigenvalue weighted by Gasteiger charge is -2.34. The van der Waals surface area contributed by atoms with Crippen molar-refractivity contribution in [2.75, 3.05) is 17.1 Å². The SMILES string of the molecule is CC[C@H](C(=O)NC1CCCC1)N(Cc1cccc(C)c1)C(=O)CN(c1cccc(C)c1C)S(C)(=O)=O. The minimum absolute atomic E-state index is 0.130. The zero-order chi connectivity index (χ0) is 26.5. The van der Waals surface area contributed by atoms with Gasteiger partial charge in [0.25, 0.3) is 0 Å². The second-order valence-electron chi connectivity index (χ2n) is 9.91. The lowest BCUT2D eigenvalue weighted by molar-refractivity contribution is -0.140. The van der Waals surface area contributed by atoms with Crippen molar-refractivity contribution >= 4 is 27.5 Å². The number of anilines is 1. The standard InChI is InChI=1S/C28H39N3O4S/c1-6-25(28(33)29-24-14-7-8-15-24)30(18-23-13-9-11-20(2)17-23)27(32)19-31(36(5,34)35)26-16-10-12-21(3)22(26)4/h9-13,16-17,24-25H,6-8,14-15,18-19H2,1-5H3,(H,29,33)/t25-/m1/s1. The lowest BCUT2D eigenvalue weighted by atomic mass is 10.1. The van der Waals surface area contributed by atoms with Crippen molar-refractivity contribution in [1.82, 2.24) is 10.2 Å². The number of hydrogen-bond donors (Lipinski definition) is 1. The Labute approximate surface area is 215 Å². The van der Waals surface area contributed by atoms with E-state index in [9.17, 15) is 18.0 Å². The minimum Gasteiger partial charge on any atom is -0.352 e. The monoisotopic (exact) mass is 513 g/mol. The second-order valence-corrected chi connectivity index (χ2v) is 11.8. The summed E-state index contributed by atoms with van der Waals surface area (Å²) >= 11 is 0. The first kappa shape index (κ1) is 27.7. The highest BCUT2D eigenvalue weighted by molar-refractivity contribution is 7.92. The molecule has 0 radical (unpaired) electrons. The van der Waals surface area contributed by atoms with Crippen LogP contribution in [-0.2, 0) is 26.2 Å². The fourth-order valence-corrected chi connectivity index (χ4v) is 5.79. The van der Waals surface area contributed by atoms with Crippen LogP contribution in [0, 0.1) is 20.8 Å². The highest BCUT2D eigenvalue weighted by atomic mass is 32.2. The van der Waals surface area contributed by atoms with Crippen LogP contribution in [0.1, 0.15) is 61.3 Å². The first-order chi connectivity index (χ1) is 17.0. The van der Waals surface area contributed by atoms with Crippen molar-refractivity contribution in [2.45, 2.75) is 78.4 Å². The van der Waals surface area contributed by atoms with Gasteiger partial charge in [-0.1, -0.05) is 61.7 Å². The topological polar surface area (TPSA) is 86.8 Å². The van der Waals surface area contributed by atoms with Crippen molar-refractivity contribution in [3.8, 4) is 0 Å². The van der Waals surface area contributed by atoms with E-state index in [1.807, 2.05) is 58.0 Å². The molecule has 0 aromatic heterocycles. The molecular formula is C28H39N3O4S. The molecule has 3 rings (SSSR count). The van der Waals surface area contributed by atoms with E-state index in [1.54, 1.807) is 17.0 Å². The lowest BCUT2D eigenvalue weighted by Crippen LogP contribution is -2.53. The van der Waals surface area contributed by atoms with Crippen molar-refractivity contribution < 1.29 is 18.0 Å². The molecule has 196 valence electrons. The summed E-state index contributed by atoms with van der Waals surface area (Å²) in [5.41, 5.74) is 4.16. The van der Waals surface area contributed by atoms with Gasteiger partial charge in [-0.3, -0.25) is 13.9 Å². The maximum absolute atomic E-state index is 13.8. The van der Waals surface area contributed by atoms with Crippen LogP contribution in [0.4, 0.5) is 5.69 Å². The maximum atomic E-state index is 13.8. The molecule has 0 bridgehead atoms. The van der Waals surface area contributed by atoms with E-state index in [1.165, 1.54) is 0 Å². The van der Waals surface area contributed by atoms with E-state index in [2.05, 4.69) is 5.32 Å². The van der Waals surface area contributed by atoms with E-state index in [-0.39, 0.29) is 25.0 Å². The number of rotatable bonds is 10. The number of nitrogens with zero attached hydrogens (tertiary/aromatic N) is 2. The van der Waals surface area contributed by atoms with Gasteiger partial charge in [0.05, 0.1) is 11.9 Å². The third-order valence-corrected chi connectivity index (χ3v) is 8.17. The quantitative estimate of drug-likeness (QED) is 0.515. The molecule has 7 nitrogen and oxygen atoms in total. The Kier molecular flexibility index (Phi) is 9.17. The molecule has 0 spiro atoms. The van der Waals surface area contributed by atoms with Gasteiger partial charge in [-0.25, -0.2) is 8.42 Å². The molecule has 1 atom stereocenters. The second kappa shape index (κ2) is 11.9. The number of carbonyl (C=O) groups excluding carboxylic acids is 2. The Morgan fingerprint density at radius 3 is 2.33 bits per heavy atom. The summed E-state index contributed by atoms with van der Waals surface area (Å²) in [6, 6.07) is 12.7. The molecule has 2 aromatic carbocycles. The molecule has 1 saturated carbocycles. The first-order valence-electron chi connectivity index (χ1n) is 12.7. The molecule has 0 aliphatic heterocycles. The predicted molar refractivity (Wildman–Crippen MR) is 144 cm³/mol. The van der Waals surface area contributed by atoms with Crippen LogP contribution in [0.25, 0.3) is 0 Å². The normalized spacial score (nSPS) is 14.9. The zero-order valence-corrected chi connectivity index (χ0v) is 22.9. The molecule has 2 aromatic rings. The van der Waals surface area contributed by atoms with Crippen LogP contribution in [0.15, 0.2) is 42.5 Å². The molecule has 8 heteroatoms. The van der Waals surface area contributed by atoms with Gasteiger partial charge in [-0.05, 0) is 62.8 Å². The van der Waals surface area contributed by atoms with E-state index < -0.39 is 22.0 Å². The molecule has 1 fully saturated rings. The van der Waals surface area contributed by atoms with Crippen molar-refractivity contribution in [2.24, 2.45) is 0 Å². The maximum Gasteiger partial charge on any atom is 0.244 e. The molecule has 0 unspecified atom stereocenters. The number of nitrogens with one attached hydrogen (secondary N) is 1. The van der Waals surface area contributed by atoms with Gasteiger partial charge in [0.2, 0.25) is 21.8 Å². The largest absolute Gasteiger partial charge is 0.352 e. The molecule has 2 amide bonds. The fraction of sp³-hybridized carbons (Fsp3) is 0.500. The highest BCUT2D eigenvalue weighted by Gasteiger charge is 2.33. The summed E-state index contributed by atoms with van der Waals surface area (Å²) < 4.78 is 26.8. The van der Waals surface area contributed by atoms with Gasteiger partial charge in [0, 0.05) is 12.6 Å². The van der Waals surface area contributed by atoms with Crippen LogP contribution in [0.5, 0.6) is 0 Å². The molecule has 1 aliphatic rings. The number of benzene rings is 2. The van der Waals surface area contributed by atoms with Crippen LogP contribution in [0.3, 0.4) is 0 Å². The van der Waals surface area contributed by atoms with E-state index >= 15 is 0 Å². The Morgan fingerprint density at radius 2 is 1.72 bits per heavy atom. The highest BCUT2D eigenvalue weighted by Crippen LogP contribution is 2.26. The Hall–Kier alpha value is -2.87. The summed E-state index contributed by atoms with van der Waals surface area (Å²) in [6.07, 6.45) is 5.61. The fourth-order valence-electron chi connectivity index (χ4n) is 4.89. The van der Waals surface area contributed by atoms with Gasteiger partial charge in [-0.2, -0.15) is 0 Å².